The van der Waals surface area contributed by atoms with Gasteiger partial charge in [0.25, 0.3) is 0 Å². The first-order chi connectivity index (χ1) is 17.0. The fourth-order valence-corrected chi connectivity index (χ4v) is 3.76. The number of benzene rings is 3. The second kappa shape index (κ2) is 10.7. The maximum absolute atomic E-state index is 14.4. The number of carbonyl (C=O) groups excluding carboxylic acids is 1. The lowest BCUT2D eigenvalue weighted by Crippen LogP contribution is -2.40. The zero-order valence-corrected chi connectivity index (χ0v) is 18.9. The maximum Gasteiger partial charge on any atom is 0.322 e. The van der Waals surface area contributed by atoms with Crippen molar-refractivity contribution in [1.82, 2.24) is 4.90 Å². The lowest BCUT2D eigenvalue weighted by Gasteiger charge is -2.25. The Morgan fingerprint density at radius 2 is 2.03 bits per heavy atom. The van der Waals surface area contributed by atoms with Crippen LogP contribution in [0, 0.1) is 23.0 Å². The van der Waals surface area contributed by atoms with Crippen LogP contribution in [0.2, 0.25) is 0 Å². The molecule has 4 rings (SSSR count). The van der Waals surface area contributed by atoms with Gasteiger partial charge in [-0.05, 0) is 36.4 Å². The highest BCUT2D eigenvalue weighted by molar-refractivity contribution is 6.03. The van der Waals surface area contributed by atoms with Crippen molar-refractivity contribution in [1.29, 1.82) is 5.26 Å². The van der Waals surface area contributed by atoms with Crippen molar-refractivity contribution in [3.8, 4) is 11.8 Å². The summed E-state index contributed by atoms with van der Waals surface area (Å²) in [7, 11) is 1.57. The van der Waals surface area contributed by atoms with E-state index in [4.69, 9.17) is 14.8 Å². The quantitative estimate of drug-likeness (QED) is 0.516. The van der Waals surface area contributed by atoms with E-state index in [2.05, 4.69) is 10.5 Å². The van der Waals surface area contributed by atoms with Crippen LogP contribution in [0.25, 0.3) is 0 Å². The molecule has 1 unspecified atom stereocenters. The van der Waals surface area contributed by atoms with Crippen LogP contribution in [-0.4, -0.2) is 36.4 Å². The molecule has 9 heteroatoms. The molecule has 0 aromatic heterocycles. The average Bonchev–Trinajstić information content (AvgIpc) is 3.33. The Kier molecular flexibility index (Phi) is 7.21. The lowest BCUT2D eigenvalue weighted by molar-refractivity contribution is 0.0606. The molecule has 2 amide bonds. The first kappa shape index (κ1) is 23.7. The molecule has 0 saturated heterocycles. The van der Waals surface area contributed by atoms with Gasteiger partial charge in [0.2, 0.25) is 0 Å². The van der Waals surface area contributed by atoms with E-state index < -0.39 is 23.8 Å². The minimum atomic E-state index is -0.757. The Hall–Kier alpha value is -4.45. The van der Waals surface area contributed by atoms with E-state index in [-0.39, 0.29) is 18.7 Å². The highest BCUT2D eigenvalue weighted by Crippen LogP contribution is 2.25. The summed E-state index contributed by atoms with van der Waals surface area (Å²) < 4.78 is 33.2. The predicted molar refractivity (Wildman–Crippen MR) is 126 cm³/mol. The SMILES string of the molecule is COc1ccccc1C1=NOC(CN(Cc2ccc(F)cc2F)C(=O)Nc2cccc(C#N)c2)C1. The Bertz CT molecular complexity index is 1310. The Morgan fingerprint density at radius 1 is 1.20 bits per heavy atom. The summed E-state index contributed by atoms with van der Waals surface area (Å²) in [4.78, 5) is 20.1. The summed E-state index contributed by atoms with van der Waals surface area (Å²) in [6, 6.07) is 18.5. The normalized spacial score (nSPS) is 14.5. The van der Waals surface area contributed by atoms with Crippen molar-refractivity contribution in [2.45, 2.75) is 19.1 Å². The van der Waals surface area contributed by atoms with Crippen LogP contribution >= 0.6 is 0 Å². The van der Waals surface area contributed by atoms with Gasteiger partial charge in [0.15, 0.2) is 6.10 Å². The number of hydrogen-bond donors (Lipinski definition) is 1. The summed E-state index contributed by atoms with van der Waals surface area (Å²) in [5.41, 5.74) is 2.40. The number of carbonyl (C=O) groups is 1. The third kappa shape index (κ3) is 5.73. The molecule has 3 aromatic rings. The molecule has 7 nitrogen and oxygen atoms in total. The molecule has 0 fully saturated rings. The number of nitriles is 1. The number of amides is 2. The fraction of sp³-hybridized carbons (Fsp3) is 0.192. The average molecular weight is 476 g/mol. The third-order valence-corrected chi connectivity index (χ3v) is 5.48. The van der Waals surface area contributed by atoms with E-state index in [0.717, 1.165) is 17.7 Å². The molecule has 1 atom stereocenters. The number of nitrogens with zero attached hydrogens (tertiary/aromatic N) is 3. The van der Waals surface area contributed by atoms with Crippen LogP contribution in [0.3, 0.4) is 0 Å². The summed E-state index contributed by atoms with van der Waals surface area (Å²) in [6.07, 6.45) is -0.0883. The number of nitrogens with one attached hydrogen (secondary N) is 1. The lowest BCUT2D eigenvalue weighted by atomic mass is 10.0. The second-order valence-corrected chi connectivity index (χ2v) is 7.91. The van der Waals surface area contributed by atoms with Crippen LogP contribution in [0.4, 0.5) is 19.3 Å². The first-order valence-corrected chi connectivity index (χ1v) is 10.8. The smallest absolute Gasteiger partial charge is 0.322 e. The Morgan fingerprint density at radius 3 is 2.80 bits per heavy atom. The summed E-state index contributed by atoms with van der Waals surface area (Å²) in [6.45, 7) is -0.0392. The number of halogens is 2. The molecule has 1 heterocycles. The number of methoxy groups -OCH3 is 1. The van der Waals surface area contributed by atoms with Crippen LogP contribution in [0.5, 0.6) is 5.75 Å². The molecule has 0 aliphatic carbocycles. The van der Waals surface area contributed by atoms with E-state index in [1.807, 2.05) is 30.3 Å². The minimum absolute atomic E-state index is 0.0861. The van der Waals surface area contributed by atoms with Crippen LogP contribution in [-0.2, 0) is 11.4 Å². The van der Waals surface area contributed by atoms with Gasteiger partial charge in [-0.15, -0.1) is 0 Å². The molecule has 178 valence electrons. The van der Waals surface area contributed by atoms with Crippen LogP contribution in [0.1, 0.15) is 23.1 Å². The monoisotopic (exact) mass is 476 g/mol. The van der Waals surface area contributed by atoms with Crippen molar-refractivity contribution in [3.63, 3.8) is 0 Å². The number of hydrogen-bond acceptors (Lipinski definition) is 5. The molecule has 0 spiro atoms. The molecular weight excluding hydrogens is 454 g/mol. The van der Waals surface area contributed by atoms with Gasteiger partial charge in [0, 0.05) is 29.3 Å². The first-order valence-electron chi connectivity index (χ1n) is 10.8. The third-order valence-electron chi connectivity index (χ3n) is 5.48. The van der Waals surface area contributed by atoms with Gasteiger partial charge in [0.1, 0.15) is 17.4 Å². The molecule has 0 saturated carbocycles. The van der Waals surface area contributed by atoms with Gasteiger partial charge in [-0.1, -0.05) is 29.4 Å². The summed E-state index contributed by atoms with van der Waals surface area (Å²) in [5.74, 6) is -0.812. The van der Waals surface area contributed by atoms with Crippen molar-refractivity contribution in [2.75, 3.05) is 19.0 Å². The zero-order chi connectivity index (χ0) is 24.8. The standard InChI is InChI=1S/C26H22F2N4O3/c1-34-25-8-3-2-7-22(25)24-13-21(35-31-24)16-32(15-18-9-10-19(27)12-23(18)28)26(33)30-20-6-4-5-17(11-20)14-29/h2-12,21H,13,15-16H2,1H3,(H,30,33). The molecule has 0 radical (unpaired) electrons. The van der Waals surface area contributed by atoms with E-state index >= 15 is 0 Å². The van der Waals surface area contributed by atoms with E-state index in [1.54, 1.807) is 25.3 Å². The molecule has 35 heavy (non-hydrogen) atoms. The second-order valence-electron chi connectivity index (χ2n) is 7.91. The maximum atomic E-state index is 14.4. The number of para-hydroxylation sites is 1. The molecular formula is C26H22F2N4O3. The number of oxime groups is 1. The highest BCUT2D eigenvalue weighted by atomic mass is 19.1. The van der Waals surface area contributed by atoms with E-state index in [0.29, 0.717) is 29.1 Å². The number of urea groups is 1. The van der Waals surface area contributed by atoms with Crippen LogP contribution in [0.15, 0.2) is 71.9 Å². The Labute approximate surface area is 201 Å². The number of rotatable bonds is 7. The minimum Gasteiger partial charge on any atom is -0.496 e. The topological polar surface area (TPSA) is 87.0 Å². The van der Waals surface area contributed by atoms with Gasteiger partial charge in [-0.3, -0.25) is 0 Å². The molecule has 1 aliphatic rings. The van der Waals surface area contributed by atoms with Gasteiger partial charge in [-0.2, -0.15) is 5.26 Å². The fourth-order valence-electron chi connectivity index (χ4n) is 3.76. The zero-order valence-electron chi connectivity index (χ0n) is 18.9. The number of ether oxygens (including phenoxy) is 1. The predicted octanol–water partition coefficient (Wildman–Crippen LogP) is 5.07. The van der Waals surface area contributed by atoms with Gasteiger partial charge < -0.3 is 19.8 Å². The summed E-state index contributed by atoms with van der Waals surface area (Å²) in [5, 5.41) is 16.0. The summed E-state index contributed by atoms with van der Waals surface area (Å²) >= 11 is 0. The van der Waals surface area contributed by atoms with Gasteiger partial charge >= 0.3 is 6.03 Å². The number of anilines is 1. The van der Waals surface area contributed by atoms with Crippen molar-refractivity contribution >= 4 is 17.4 Å². The highest BCUT2D eigenvalue weighted by Gasteiger charge is 2.28. The van der Waals surface area contributed by atoms with Crippen molar-refractivity contribution in [3.05, 3.63) is 95.1 Å². The molecule has 0 bridgehead atoms. The molecule has 1 N–H and O–H groups in total. The van der Waals surface area contributed by atoms with Crippen LogP contribution < -0.4 is 10.1 Å². The largest absolute Gasteiger partial charge is 0.496 e. The van der Waals surface area contributed by atoms with Crippen molar-refractivity contribution < 1.29 is 23.1 Å². The molecule has 3 aromatic carbocycles. The molecule has 1 aliphatic heterocycles. The van der Waals surface area contributed by atoms with Gasteiger partial charge in [-0.25, -0.2) is 13.6 Å². The van der Waals surface area contributed by atoms with Crippen molar-refractivity contribution in [2.24, 2.45) is 5.16 Å². The van der Waals surface area contributed by atoms with Gasteiger partial charge in [0.05, 0.1) is 37.5 Å². The Balaban J connectivity index is 1.52. The van der Waals surface area contributed by atoms with E-state index in [1.165, 1.54) is 17.0 Å². The van der Waals surface area contributed by atoms with E-state index in [9.17, 15) is 13.6 Å².